The zero-order valence-corrected chi connectivity index (χ0v) is 17.8. The van der Waals surface area contributed by atoms with Gasteiger partial charge in [-0.2, -0.15) is 9.61 Å². The highest BCUT2D eigenvalue weighted by molar-refractivity contribution is 6.01. The number of nitrogens with zero attached hydrogens (tertiary/aromatic N) is 4. The van der Waals surface area contributed by atoms with Crippen molar-refractivity contribution in [1.82, 2.24) is 14.6 Å². The Hall–Kier alpha value is -3.71. The maximum Gasteiger partial charge on any atom is 0.228 e. The molecule has 32 heavy (non-hydrogen) atoms. The van der Waals surface area contributed by atoms with Crippen LogP contribution in [-0.4, -0.2) is 46.8 Å². The van der Waals surface area contributed by atoms with Crippen LogP contribution < -0.4 is 10.2 Å². The predicted molar refractivity (Wildman–Crippen MR) is 124 cm³/mol. The van der Waals surface area contributed by atoms with E-state index in [-0.39, 0.29) is 12.0 Å². The summed E-state index contributed by atoms with van der Waals surface area (Å²) in [5.41, 5.74) is 6.94. The number of methoxy groups -OCH3 is 1. The van der Waals surface area contributed by atoms with Gasteiger partial charge in [0, 0.05) is 43.2 Å². The number of benzene rings is 2. The first kappa shape index (κ1) is 19.0. The van der Waals surface area contributed by atoms with Crippen molar-refractivity contribution in [1.29, 1.82) is 0 Å². The van der Waals surface area contributed by atoms with Gasteiger partial charge in [-0.25, -0.2) is 4.98 Å². The van der Waals surface area contributed by atoms with E-state index in [1.54, 1.807) is 7.11 Å². The van der Waals surface area contributed by atoms with Gasteiger partial charge in [-0.15, -0.1) is 0 Å². The molecule has 0 unspecified atom stereocenters. The summed E-state index contributed by atoms with van der Waals surface area (Å²) in [4.78, 5) is 18.8. The largest absolute Gasteiger partial charge is 0.380 e. The molecule has 2 aliphatic rings. The van der Waals surface area contributed by atoms with E-state index in [0.717, 1.165) is 64.6 Å². The first-order valence-electron chi connectivity index (χ1n) is 10.9. The monoisotopic (exact) mass is 425 g/mol. The Balaban J connectivity index is 1.56. The van der Waals surface area contributed by atoms with Gasteiger partial charge in [-0.1, -0.05) is 36.4 Å². The third kappa shape index (κ3) is 3.05. The van der Waals surface area contributed by atoms with Crippen molar-refractivity contribution >= 4 is 23.1 Å². The first-order valence-corrected chi connectivity index (χ1v) is 10.9. The molecule has 2 aromatic carbocycles. The fourth-order valence-electron chi connectivity index (χ4n) is 4.75. The number of hydrogen-bond acceptors (Lipinski definition) is 5. The molecule has 6 rings (SSSR count). The van der Waals surface area contributed by atoms with Crippen LogP contribution in [0.5, 0.6) is 0 Å². The van der Waals surface area contributed by atoms with Crippen molar-refractivity contribution in [3.05, 3.63) is 66.4 Å². The topological polar surface area (TPSA) is 71.8 Å². The fraction of sp³-hybridized carbons (Fsp3) is 0.240. The Morgan fingerprint density at radius 3 is 2.78 bits per heavy atom. The van der Waals surface area contributed by atoms with E-state index < -0.39 is 0 Å². The molecule has 1 fully saturated rings. The van der Waals surface area contributed by atoms with Gasteiger partial charge in [0.2, 0.25) is 11.9 Å². The van der Waals surface area contributed by atoms with Crippen LogP contribution in [0.15, 0.2) is 60.8 Å². The van der Waals surface area contributed by atoms with Crippen molar-refractivity contribution in [3.8, 4) is 22.4 Å². The van der Waals surface area contributed by atoms with E-state index >= 15 is 0 Å². The Kier molecular flexibility index (Phi) is 4.43. The Labute approximate surface area is 185 Å². The summed E-state index contributed by atoms with van der Waals surface area (Å²) in [5, 5.41) is 7.97. The molecule has 4 heterocycles. The number of nitrogens with one attached hydrogen (secondary N) is 1. The van der Waals surface area contributed by atoms with E-state index in [1.807, 2.05) is 41.0 Å². The molecule has 0 saturated carbocycles. The van der Waals surface area contributed by atoms with E-state index in [2.05, 4.69) is 39.5 Å². The Morgan fingerprint density at radius 1 is 1.09 bits per heavy atom. The number of carbonyl (C=O) groups is 1. The van der Waals surface area contributed by atoms with Gasteiger partial charge in [0.05, 0.1) is 18.0 Å². The van der Waals surface area contributed by atoms with Crippen molar-refractivity contribution in [3.63, 3.8) is 0 Å². The van der Waals surface area contributed by atoms with Crippen LogP contribution in [-0.2, 0) is 16.0 Å². The molecule has 1 atom stereocenters. The number of ether oxygens (including phenoxy) is 1. The summed E-state index contributed by atoms with van der Waals surface area (Å²) in [6, 6.07) is 18.4. The summed E-state index contributed by atoms with van der Waals surface area (Å²) in [6.07, 6.45) is 3.43. The normalized spacial score (nSPS) is 17.7. The van der Waals surface area contributed by atoms with Gasteiger partial charge in [0.1, 0.15) is 5.69 Å². The van der Waals surface area contributed by atoms with Crippen molar-refractivity contribution in [2.75, 3.05) is 30.4 Å². The maximum absolute atomic E-state index is 11.9. The lowest BCUT2D eigenvalue weighted by Gasteiger charge is -2.17. The van der Waals surface area contributed by atoms with E-state index in [0.29, 0.717) is 6.42 Å². The van der Waals surface area contributed by atoms with Gasteiger partial charge < -0.3 is 15.0 Å². The molecule has 1 N–H and O–H groups in total. The summed E-state index contributed by atoms with van der Waals surface area (Å²) in [6.45, 7) is 1.68. The fourth-order valence-corrected chi connectivity index (χ4v) is 4.75. The minimum absolute atomic E-state index is 0.0357. The summed E-state index contributed by atoms with van der Waals surface area (Å²) in [7, 11) is 1.76. The van der Waals surface area contributed by atoms with Gasteiger partial charge in [-0.05, 0) is 35.7 Å². The lowest BCUT2D eigenvalue weighted by Crippen LogP contribution is -2.25. The molecule has 0 aliphatic carbocycles. The van der Waals surface area contributed by atoms with Crippen LogP contribution in [0.1, 0.15) is 12.0 Å². The molecule has 1 amide bonds. The first-order chi connectivity index (χ1) is 15.7. The third-order valence-corrected chi connectivity index (χ3v) is 6.36. The lowest BCUT2D eigenvalue weighted by molar-refractivity contribution is -0.115. The van der Waals surface area contributed by atoms with Crippen molar-refractivity contribution in [2.24, 2.45) is 0 Å². The minimum atomic E-state index is 0.0357. The average molecular weight is 425 g/mol. The highest BCUT2D eigenvalue weighted by Crippen LogP contribution is 2.38. The lowest BCUT2D eigenvalue weighted by atomic mass is 9.97. The second-order valence-electron chi connectivity index (χ2n) is 8.32. The standard InChI is InChI=1S/C25H23N5O2/c1-32-19-10-12-29(15-19)25-26-11-9-21-23(17-7-8-20-18(13-17)14-22(31)27-20)24(28-30(21)25)16-5-3-2-4-6-16/h2-9,11,13,19H,10,12,14-15H2,1H3,(H,27,31)/t19-/m0/s1. The zero-order valence-electron chi connectivity index (χ0n) is 17.8. The van der Waals surface area contributed by atoms with Crippen LogP contribution in [0.25, 0.3) is 27.9 Å². The number of anilines is 2. The number of fused-ring (bicyclic) bond motifs is 2. The van der Waals surface area contributed by atoms with Gasteiger partial charge >= 0.3 is 0 Å². The van der Waals surface area contributed by atoms with Gasteiger partial charge in [-0.3, -0.25) is 4.79 Å². The molecule has 2 aromatic heterocycles. The average Bonchev–Trinajstić information content (AvgIpc) is 3.54. The second kappa shape index (κ2) is 7.46. The number of carbonyl (C=O) groups excluding carboxylic acids is 1. The molecule has 7 nitrogen and oxygen atoms in total. The van der Waals surface area contributed by atoms with Crippen molar-refractivity contribution in [2.45, 2.75) is 18.9 Å². The van der Waals surface area contributed by atoms with Crippen LogP contribution in [0.3, 0.4) is 0 Å². The Morgan fingerprint density at radius 2 is 1.97 bits per heavy atom. The summed E-state index contributed by atoms with van der Waals surface area (Å²) < 4.78 is 7.51. The molecule has 4 aromatic rings. The predicted octanol–water partition coefficient (Wildman–Crippen LogP) is 3.78. The number of hydrogen-bond donors (Lipinski definition) is 1. The molecule has 2 aliphatic heterocycles. The molecule has 1 saturated heterocycles. The van der Waals surface area contributed by atoms with Crippen LogP contribution >= 0.6 is 0 Å². The van der Waals surface area contributed by atoms with Crippen molar-refractivity contribution < 1.29 is 9.53 Å². The number of rotatable bonds is 4. The van der Waals surface area contributed by atoms with Crippen LogP contribution in [0, 0.1) is 0 Å². The number of amides is 1. The highest BCUT2D eigenvalue weighted by Gasteiger charge is 2.27. The van der Waals surface area contributed by atoms with Crippen LogP contribution in [0.4, 0.5) is 11.6 Å². The third-order valence-electron chi connectivity index (χ3n) is 6.36. The van der Waals surface area contributed by atoms with Crippen LogP contribution in [0.2, 0.25) is 0 Å². The Bertz CT molecular complexity index is 1330. The summed E-state index contributed by atoms with van der Waals surface area (Å²) in [5.74, 6) is 0.858. The SMILES string of the molecule is CO[C@H]1CCN(c2nccc3c(-c4ccc5c(c4)CC(=O)N5)c(-c4ccccc4)nn23)C1. The number of aromatic nitrogens is 3. The minimum Gasteiger partial charge on any atom is -0.380 e. The molecular formula is C25H23N5O2. The molecule has 160 valence electrons. The van der Waals surface area contributed by atoms with Gasteiger partial charge in [0.15, 0.2) is 0 Å². The van der Waals surface area contributed by atoms with E-state index in [4.69, 9.17) is 9.84 Å². The zero-order chi connectivity index (χ0) is 21.7. The molecule has 0 radical (unpaired) electrons. The quantitative estimate of drug-likeness (QED) is 0.539. The summed E-state index contributed by atoms with van der Waals surface area (Å²) >= 11 is 0. The van der Waals surface area contributed by atoms with Gasteiger partial charge in [0.25, 0.3) is 0 Å². The second-order valence-corrected chi connectivity index (χ2v) is 8.32. The molecule has 0 bridgehead atoms. The maximum atomic E-state index is 11.9. The van der Waals surface area contributed by atoms with E-state index in [1.165, 1.54) is 0 Å². The smallest absolute Gasteiger partial charge is 0.228 e. The highest BCUT2D eigenvalue weighted by atomic mass is 16.5. The molecule has 7 heteroatoms. The molecule has 0 spiro atoms. The molecular weight excluding hydrogens is 402 g/mol. The van der Waals surface area contributed by atoms with E-state index in [9.17, 15) is 4.79 Å².